The topological polar surface area (TPSA) is 87.2 Å². The average molecular weight is 616 g/mol. The van der Waals surface area contributed by atoms with Gasteiger partial charge < -0.3 is 18.9 Å². The fourth-order valence-corrected chi connectivity index (χ4v) is 5.02. The number of benzene rings is 1. The summed E-state index contributed by atoms with van der Waals surface area (Å²) in [7, 11) is 0. The van der Waals surface area contributed by atoms with Gasteiger partial charge in [0.2, 0.25) is 0 Å². The van der Waals surface area contributed by atoms with E-state index in [1.165, 1.54) is 35.5 Å². The maximum absolute atomic E-state index is 13.6. The molecule has 0 radical (unpaired) electrons. The number of esters is 1. The van der Waals surface area contributed by atoms with Gasteiger partial charge in [-0.05, 0) is 82.1 Å². The Morgan fingerprint density at radius 3 is 2.41 bits per heavy atom. The first-order valence-corrected chi connectivity index (χ1v) is 14.4. The number of hydrogen-bond acceptors (Lipinski definition) is 7. The molecule has 1 saturated heterocycles. The Bertz CT molecular complexity index is 1220. The molecule has 0 N–H and O–H groups in total. The predicted octanol–water partition coefficient (Wildman–Crippen LogP) is 7.40. The summed E-state index contributed by atoms with van der Waals surface area (Å²) in [4.78, 5) is 31.9. The third kappa shape index (κ3) is 8.82. The Hall–Kier alpha value is -2.85. The van der Waals surface area contributed by atoms with Crippen molar-refractivity contribution in [3.8, 4) is 11.5 Å². The quantitative estimate of drug-likeness (QED) is 0.258. The molecule has 0 bridgehead atoms. The molecule has 2 heterocycles. The van der Waals surface area contributed by atoms with E-state index in [0.717, 1.165) is 25.7 Å². The summed E-state index contributed by atoms with van der Waals surface area (Å²) in [6.45, 7) is 2.92. The summed E-state index contributed by atoms with van der Waals surface area (Å²) >= 11 is 12.8. The fourth-order valence-electron chi connectivity index (χ4n) is 4.50. The molecule has 2 atom stereocenters. The third-order valence-electron chi connectivity index (χ3n) is 6.73. The lowest BCUT2D eigenvalue weighted by Gasteiger charge is -2.36. The van der Waals surface area contributed by atoms with E-state index < -0.39 is 36.4 Å². The maximum Gasteiger partial charge on any atom is 0.411 e. The highest BCUT2D eigenvalue weighted by molar-refractivity contribution is 6.35. The van der Waals surface area contributed by atoms with Crippen LogP contribution < -0.4 is 9.47 Å². The van der Waals surface area contributed by atoms with Crippen molar-refractivity contribution in [2.45, 2.75) is 83.7 Å². The second kappa shape index (κ2) is 13.4. The van der Waals surface area contributed by atoms with E-state index in [-0.39, 0.29) is 28.0 Å². The van der Waals surface area contributed by atoms with Crippen molar-refractivity contribution in [3.05, 3.63) is 51.8 Å². The first kappa shape index (κ1) is 31.1. The minimum Gasteiger partial charge on any atom is -0.489 e. The number of carbonyl (C=O) groups excluding carboxylic acids is 2. The largest absolute Gasteiger partial charge is 0.489 e. The fraction of sp³-hybridized carbons (Fsp3) is 0.552. The van der Waals surface area contributed by atoms with Gasteiger partial charge in [0.1, 0.15) is 17.7 Å². The number of halogens is 4. The molecule has 2 aliphatic rings. The summed E-state index contributed by atoms with van der Waals surface area (Å²) in [5, 5.41) is 0.545. The van der Waals surface area contributed by atoms with Gasteiger partial charge in [-0.15, -0.1) is 0 Å². The SMILES string of the molecule is CC(C)(C)OC(=O)N1CCCC[C@H]1C(=O)O[C@@H](Cc1c(Cl)cncc1Cl)c1ccc(OC(F)F)c(OCC2CC2)c1. The molecule has 1 aromatic heterocycles. The van der Waals surface area contributed by atoms with E-state index in [2.05, 4.69) is 9.72 Å². The first-order chi connectivity index (χ1) is 19.4. The summed E-state index contributed by atoms with van der Waals surface area (Å²) in [5.41, 5.74) is 0.204. The molecule has 0 spiro atoms. The van der Waals surface area contributed by atoms with Crippen molar-refractivity contribution in [1.29, 1.82) is 0 Å². The molecular formula is C29H34Cl2F2N2O6. The van der Waals surface area contributed by atoms with Gasteiger partial charge in [0, 0.05) is 25.4 Å². The molecule has 41 heavy (non-hydrogen) atoms. The van der Waals surface area contributed by atoms with Crippen LogP contribution in [0.5, 0.6) is 11.5 Å². The zero-order chi connectivity index (χ0) is 29.7. The molecule has 1 saturated carbocycles. The Balaban J connectivity index is 1.64. The van der Waals surface area contributed by atoms with E-state index in [1.54, 1.807) is 20.8 Å². The van der Waals surface area contributed by atoms with Gasteiger partial charge >= 0.3 is 18.7 Å². The van der Waals surface area contributed by atoms with Crippen LogP contribution in [-0.2, 0) is 20.7 Å². The molecule has 8 nitrogen and oxygen atoms in total. The van der Waals surface area contributed by atoms with Gasteiger partial charge in [-0.1, -0.05) is 29.3 Å². The smallest absolute Gasteiger partial charge is 0.411 e. The molecule has 4 rings (SSSR count). The van der Waals surface area contributed by atoms with Crippen molar-refractivity contribution in [2.75, 3.05) is 13.2 Å². The van der Waals surface area contributed by atoms with Gasteiger partial charge in [0.15, 0.2) is 11.5 Å². The Morgan fingerprint density at radius 1 is 1.07 bits per heavy atom. The first-order valence-electron chi connectivity index (χ1n) is 13.6. The number of nitrogens with zero attached hydrogens (tertiary/aromatic N) is 2. The van der Waals surface area contributed by atoms with Crippen LogP contribution in [0.4, 0.5) is 13.6 Å². The number of alkyl halides is 2. The molecule has 224 valence electrons. The average Bonchev–Trinajstić information content (AvgIpc) is 3.73. The second-order valence-electron chi connectivity index (χ2n) is 11.2. The Labute approximate surface area is 248 Å². The Kier molecular flexibility index (Phi) is 10.2. The standard InChI is InChI=1S/C29H34Cl2F2N2O6/c1-29(2,3)41-28(37)35-11-5-4-6-22(35)26(36)39-24(13-19-20(30)14-34-15-21(19)31)18-9-10-23(40-27(32)33)25(12-18)38-16-17-7-8-17/h9-10,12,14-15,17,22,24,27H,4-8,11,13,16H2,1-3H3/t22-,24-/m0/s1. The monoisotopic (exact) mass is 614 g/mol. The molecule has 1 aliphatic carbocycles. The third-order valence-corrected chi connectivity index (χ3v) is 7.38. The van der Waals surface area contributed by atoms with Crippen molar-refractivity contribution < 1.29 is 37.3 Å². The van der Waals surface area contributed by atoms with Gasteiger partial charge in [-0.25, -0.2) is 9.59 Å². The zero-order valence-corrected chi connectivity index (χ0v) is 24.7. The molecule has 12 heteroatoms. The van der Waals surface area contributed by atoms with Gasteiger partial charge in [0.05, 0.1) is 16.7 Å². The van der Waals surface area contributed by atoms with Crippen LogP contribution in [0.2, 0.25) is 10.0 Å². The number of carbonyl (C=O) groups is 2. The molecule has 1 aliphatic heterocycles. The summed E-state index contributed by atoms with van der Waals surface area (Å²) in [6, 6.07) is 3.54. The molecule has 2 aromatic rings. The van der Waals surface area contributed by atoms with E-state index >= 15 is 0 Å². The van der Waals surface area contributed by atoms with Crippen LogP contribution in [0, 0.1) is 5.92 Å². The second-order valence-corrected chi connectivity index (χ2v) is 12.1. The summed E-state index contributed by atoms with van der Waals surface area (Å²) in [6.07, 6.45) is 5.21. The van der Waals surface area contributed by atoms with Crippen molar-refractivity contribution in [3.63, 3.8) is 0 Å². The van der Waals surface area contributed by atoms with Crippen molar-refractivity contribution >= 4 is 35.3 Å². The summed E-state index contributed by atoms with van der Waals surface area (Å²) in [5.74, 6) is -0.296. The minimum absolute atomic E-state index is 0.0577. The predicted molar refractivity (Wildman–Crippen MR) is 149 cm³/mol. The number of aromatic nitrogens is 1. The van der Waals surface area contributed by atoms with Crippen molar-refractivity contribution in [1.82, 2.24) is 9.88 Å². The lowest BCUT2D eigenvalue weighted by molar-refractivity contribution is -0.157. The normalized spacial score (nSPS) is 18.1. The molecule has 0 unspecified atom stereocenters. The van der Waals surface area contributed by atoms with Gasteiger partial charge in [-0.3, -0.25) is 9.88 Å². The number of hydrogen-bond donors (Lipinski definition) is 0. The number of amides is 1. The van der Waals surface area contributed by atoms with Crippen LogP contribution in [-0.4, -0.2) is 53.4 Å². The molecule has 1 amide bonds. The van der Waals surface area contributed by atoms with Crippen LogP contribution in [0.1, 0.15) is 70.1 Å². The highest BCUT2D eigenvalue weighted by Gasteiger charge is 2.37. The Morgan fingerprint density at radius 2 is 1.78 bits per heavy atom. The number of rotatable bonds is 10. The van der Waals surface area contributed by atoms with E-state index in [9.17, 15) is 18.4 Å². The van der Waals surface area contributed by atoms with E-state index in [0.29, 0.717) is 36.6 Å². The van der Waals surface area contributed by atoms with Crippen LogP contribution in [0.25, 0.3) is 0 Å². The minimum atomic E-state index is -3.04. The summed E-state index contributed by atoms with van der Waals surface area (Å²) < 4.78 is 48.3. The number of likely N-dealkylation sites (tertiary alicyclic amines) is 1. The van der Waals surface area contributed by atoms with E-state index in [4.69, 9.17) is 37.4 Å². The van der Waals surface area contributed by atoms with Crippen LogP contribution in [0.3, 0.4) is 0 Å². The van der Waals surface area contributed by atoms with E-state index in [1.807, 2.05) is 0 Å². The highest BCUT2D eigenvalue weighted by Crippen LogP contribution is 2.38. The van der Waals surface area contributed by atoms with Crippen LogP contribution in [0.15, 0.2) is 30.6 Å². The van der Waals surface area contributed by atoms with Gasteiger partial charge in [0.25, 0.3) is 0 Å². The van der Waals surface area contributed by atoms with Crippen LogP contribution >= 0.6 is 23.2 Å². The highest BCUT2D eigenvalue weighted by atomic mass is 35.5. The molecular weight excluding hydrogens is 581 g/mol. The molecule has 1 aromatic carbocycles. The maximum atomic E-state index is 13.6. The molecule has 2 fully saturated rings. The van der Waals surface area contributed by atoms with Gasteiger partial charge in [-0.2, -0.15) is 8.78 Å². The zero-order valence-electron chi connectivity index (χ0n) is 23.2. The number of pyridine rings is 1. The number of ether oxygens (including phenoxy) is 4. The lowest BCUT2D eigenvalue weighted by Crippen LogP contribution is -2.50. The van der Waals surface area contributed by atoms with Crippen molar-refractivity contribution in [2.24, 2.45) is 5.92 Å². The number of piperidine rings is 1. The lowest BCUT2D eigenvalue weighted by atomic mass is 10.00.